The molecule has 27 heavy (non-hydrogen) atoms. The largest absolute Gasteiger partial charge is 0.351 e. The first-order valence-corrected chi connectivity index (χ1v) is 9.48. The first-order valence-electron chi connectivity index (χ1n) is 9.48. The van der Waals surface area contributed by atoms with Crippen LogP contribution >= 0.6 is 0 Å². The minimum Gasteiger partial charge on any atom is -0.351 e. The van der Waals surface area contributed by atoms with Gasteiger partial charge in [-0.3, -0.25) is 14.2 Å². The van der Waals surface area contributed by atoms with E-state index in [1.165, 1.54) is 17.3 Å². The Morgan fingerprint density at radius 3 is 2.59 bits per heavy atom. The number of hydrogen-bond donors (Lipinski definition) is 1. The van der Waals surface area contributed by atoms with Crippen LogP contribution in [0.1, 0.15) is 40.0 Å². The second-order valence-corrected chi connectivity index (χ2v) is 8.99. The molecule has 2 aromatic heterocycles. The summed E-state index contributed by atoms with van der Waals surface area (Å²) in [5.74, 6) is 0.319. The van der Waals surface area contributed by atoms with E-state index in [4.69, 9.17) is 0 Å². The second-order valence-electron chi connectivity index (χ2n) is 8.99. The molecule has 2 saturated carbocycles. The lowest BCUT2D eigenvalue weighted by Gasteiger charge is -2.39. The van der Waals surface area contributed by atoms with E-state index in [-0.39, 0.29) is 29.3 Å². The molecule has 8 heteroatoms. The van der Waals surface area contributed by atoms with Crippen LogP contribution in [0.3, 0.4) is 0 Å². The number of hydrogen-bond acceptors (Lipinski definition) is 4. The Bertz CT molecular complexity index is 1060. The Morgan fingerprint density at radius 2 is 2.00 bits per heavy atom. The summed E-state index contributed by atoms with van der Waals surface area (Å²) in [6, 6.07) is 0.0822. The lowest BCUT2D eigenvalue weighted by molar-refractivity contribution is -0.123. The highest BCUT2D eigenvalue weighted by Crippen LogP contribution is 2.65. The van der Waals surface area contributed by atoms with Gasteiger partial charge in [0.05, 0.1) is 6.33 Å². The minimum absolute atomic E-state index is 0.0508. The average molecular weight is 373 g/mol. The third-order valence-corrected chi connectivity index (χ3v) is 7.63. The van der Waals surface area contributed by atoms with E-state index in [9.17, 15) is 14.4 Å². The van der Waals surface area contributed by atoms with Gasteiger partial charge in [-0.1, -0.05) is 20.8 Å². The summed E-state index contributed by atoms with van der Waals surface area (Å²) in [5, 5.41) is 3.12. The van der Waals surface area contributed by atoms with Crippen LogP contribution in [0.15, 0.2) is 15.9 Å². The summed E-state index contributed by atoms with van der Waals surface area (Å²) in [6.07, 6.45) is 4.75. The van der Waals surface area contributed by atoms with Crippen LogP contribution < -0.4 is 16.6 Å². The number of aromatic nitrogens is 4. The van der Waals surface area contributed by atoms with Crippen molar-refractivity contribution in [2.24, 2.45) is 30.8 Å². The van der Waals surface area contributed by atoms with E-state index >= 15 is 0 Å². The maximum Gasteiger partial charge on any atom is 0.332 e. The predicted octanol–water partition coefficient (Wildman–Crippen LogP) is 0.765. The first kappa shape index (κ1) is 18.0. The van der Waals surface area contributed by atoms with Gasteiger partial charge in [-0.2, -0.15) is 0 Å². The fourth-order valence-electron chi connectivity index (χ4n) is 5.34. The third kappa shape index (κ3) is 2.28. The summed E-state index contributed by atoms with van der Waals surface area (Å²) in [4.78, 5) is 42.2. The maximum absolute atomic E-state index is 12.8. The molecule has 0 saturated heterocycles. The number of imidazole rings is 1. The van der Waals surface area contributed by atoms with Crippen LogP contribution in [0.5, 0.6) is 0 Å². The normalized spacial score (nSPS) is 28.8. The zero-order valence-electron chi connectivity index (χ0n) is 16.6. The summed E-state index contributed by atoms with van der Waals surface area (Å²) in [5.41, 5.74) is -0.131. The van der Waals surface area contributed by atoms with Crippen LogP contribution in [-0.2, 0) is 25.4 Å². The molecule has 2 heterocycles. The highest BCUT2D eigenvalue weighted by molar-refractivity contribution is 5.77. The fraction of sp³-hybridized carbons (Fsp3) is 0.684. The quantitative estimate of drug-likeness (QED) is 0.860. The smallest absolute Gasteiger partial charge is 0.332 e. The van der Waals surface area contributed by atoms with Gasteiger partial charge in [0.1, 0.15) is 6.54 Å². The van der Waals surface area contributed by atoms with Gasteiger partial charge in [-0.15, -0.1) is 0 Å². The molecule has 2 fully saturated rings. The molecule has 1 N–H and O–H groups in total. The van der Waals surface area contributed by atoms with Crippen LogP contribution in [0.25, 0.3) is 11.2 Å². The van der Waals surface area contributed by atoms with Crippen molar-refractivity contribution in [1.82, 2.24) is 24.0 Å². The Hall–Kier alpha value is -2.38. The molecule has 0 spiro atoms. The van der Waals surface area contributed by atoms with E-state index < -0.39 is 11.2 Å². The van der Waals surface area contributed by atoms with Crippen molar-refractivity contribution < 1.29 is 4.79 Å². The molecule has 2 bridgehead atoms. The highest BCUT2D eigenvalue weighted by Gasteiger charge is 2.61. The Labute approximate surface area is 157 Å². The van der Waals surface area contributed by atoms with Crippen LogP contribution in [-0.4, -0.2) is 30.6 Å². The molecule has 2 aliphatic rings. The molecule has 3 unspecified atom stereocenters. The van der Waals surface area contributed by atoms with Crippen LogP contribution in [0.4, 0.5) is 0 Å². The lowest BCUT2D eigenvalue weighted by Crippen LogP contribution is -2.50. The van der Waals surface area contributed by atoms with Crippen molar-refractivity contribution in [2.45, 2.75) is 52.6 Å². The molecule has 4 rings (SSSR count). The Morgan fingerprint density at radius 1 is 1.30 bits per heavy atom. The zero-order valence-corrected chi connectivity index (χ0v) is 16.6. The van der Waals surface area contributed by atoms with E-state index in [0.29, 0.717) is 17.1 Å². The summed E-state index contributed by atoms with van der Waals surface area (Å²) < 4.78 is 3.89. The molecule has 146 valence electrons. The molecule has 8 nitrogen and oxygen atoms in total. The van der Waals surface area contributed by atoms with Gasteiger partial charge in [-0.25, -0.2) is 14.3 Å². The number of carbonyl (C=O) groups excluding carboxylic acids is 1. The molecular weight excluding hydrogens is 346 g/mol. The van der Waals surface area contributed by atoms with Crippen molar-refractivity contribution in [3.63, 3.8) is 0 Å². The van der Waals surface area contributed by atoms with Crippen LogP contribution in [0, 0.1) is 16.7 Å². The van der Waals surface area contributed by atoms with Crippen molar-refractivity contribution in [3.8, 4) is 0 Å². The van der Waals surface area contributed by atoms with Crippen molar-refractivity contribution in [2.75, 3.05) is 0 Å². The third-order valence-electron chi connectivity index (χ3n) is 7.63. The maximum atomic E-state index is 12.8. The van der Waals surface area contributed by atoms with Gasteiger partial charge < -0.3 is 9.88 Å². The number of carbonyl (C=O) groups is 1. The van der Waals surface area contributed by atoms with Crippen molar-refractivity contribution in [1.29, 1.82) is 0 Å². The summed E-state index contributed by atoms with van der Waals surface area (Å²) >= 11 is 0. The van der Waals surface area contributed by atoms with E-state index in [0.717, 1.165) is 17.4 Å². The molecule has 2 aliphatic carbocycles. The highest BCUT2D eigenvalue weighted by atomic mass is 16.2. The number of nitrogens with one attached hydrogen (secondary N) is 1. The van der Waals surface area contributed by atoms with E-state index in [1.807, 2.05) is 0 Å². The van der Waals surface area contributed by atoms with Gasteiger partial charge >= 0.3 is 5.69 Å². The minimum atomic E-state index is -0.527. The molecule has 2 aromatic rings. The second kappa shape index (κ2) is 5.56. The van der Waals surface area contributed by atoms with Gasteiger partial charge in [0.2, 0.25) is 5.91 Å². The topological polar surface area (TPSA) is 90.9 Å². The molecular formula is C19H27N5O3. The van der Waals surface area contributed by atoms with Gasteiger partial charge in [0.15, 0.2) is 11.2 Å². The van der Waals surface area contributed by atoms with E-state index in [2.05, 4.69) is 31.1 Å². The van der Waals surface area contributed by atoms with Crippen molar-refractivity contribution in [3.05, 3.63) is 27.2 Å². The first-order chi connectivity index (χ1) is 12.6. The molecule has 0 aliphatic heterocycles. The lowest BCUT2D eigenvalue weighted by atomic mass is 9.69. The number of nitrogens with zero attached hydrogens (tertiary/aromatic N) is 4. The molecule has 3 atom stereocenters. The summed E-state index contributed by atoms with van der Waals surface area (Å²) in [7, 11) is 3.26. The molecule has 0 aromatic carbocycles. The number of amides is 1. The predicted molar refractivity (Wildman–Crippen MR) is 101 cm³/mol. The zero-order chi connectivity index (χ0) is 19.7. The fourth-order valence-corrected chi connectivity index (χ4v) is 5.34. The van der Waals surface area contributed by atoms with Gasteiger partial charge in [-0.05, 0) is 36.0 Å². The number of rotatable bonds is 3. The number of aryl methyl sites for hydroxylation is 2. The summed E-state index contributed by atoms with van der Waals surface area (Å²) in [6.45, 7) is 6.54. The molecule has 1 amide bonds. The van der Waals surface area contributed by atoms with Crippen LogP contribution in [0.2, 0.25) is 0 Å². The Balaban J connectivity index is 1.62. The standard InChI is InChI=1S/C19H27N5O3/c1-18(2)11-6-7-19(18,3)12(8-11)21-13(25)9-24-16(26)14-15(20-10-22(14)4)23(5)17(24)27/h10-12H,6-9H2,1-5H3,(H,21,25). The van der Waals surface area contributed by atoms with Gasteiger partial charge in [0.25, 0.3) is 5.56 Å². The van der Waals surface area contributed by atoms with Crippen molar-refractivity contribution >= 4 is 17.1 Å². The van der Waals surface area contributed by atoms with E-state index in [1.54, 1.807) is 18.7 Å². The molecule has 0 radical (unpaired) electrons. The SMILES string of the molecule is Cn1cnc2c1c(=O)n(CC(=O)NC1CC3CCC1(C)C3(C)C)c(=O)n2C. The number of fused-ring (bicyclic) bond motifs is 3. The monoisotopic (exact) mass is 373 g/mol. The Kier molecular flexibility index (Phi) is 3.71. The average Bonchev–Trinajstić information content (AvgIpc) is 3.15. The van der Waals surface area contributed by atoms with Gasteiger partial charge in [0, 0.05) is 20.1 Å².